The zero-order valence-electron chi connectivity index (χ0n) is 14.1. The Hall–Kier alpha value is -2.87. The smallest absolute Gasteiger partial charge is 0.316 e. The maximum Gasteiger partial charge on any atom is 0.316 e. The third kappa shape index (κ3) is 6.21. The number of nitrogens with one attached hydrogen (secondary N) is 1. The van der Waals surface area contributed by atoms with Gasteiger partial charge in [0.25, 0.3) is 11.6 Å². The van der Waals surface area contributed by atoms with Crippen molar-refractivity contribution in [2.75, 3.05) is 12.4 Å². The van der Waals surface area contributed by atoms with Crippen LogP contribution in [0.25, 0.3) is 0 Å². The lowest BCUT2D eigenvalue weighted by Crippen LogP contribution is -2.31. The average Bonchev–Trinajstić information content (AvgIpc) is 2.65. The highest BCUT2D eigenvalue weighted by Gasteiger charge is 2.12. The first-order valence-electron chi connectivity index (χ1n) is 7.83. The van der Waals surface area contributed by atoms with Crippen molar-refractivity contribution in [3.8, 4) is 0 Å². The van der Waals surface area contributed by atoms with E-state index in [-0.39, 0.29) is 30.0 Å². The van der Waals surface area contributed by atoms with Crippen LogP contribution in [0.5, 0.6) is 0 Å². The van der Waals surface area contributed by atoms with Gasteiger partial charge >= 0.3 is 5.97 Å². The van der Waals surface area contributed by atoms with Gasteiger partial charge in [-0.15, -0.1) is 11.8 Å². The van der Waals surface area contributed by atoms with Crippen LogP contribution < -0.4 is 5.32 Å². The summed E-state index contributed by atoms with van der Waals surface area (Å²) < 4.78 is 4.94. The minimum absolute atomic E-state index is 0.0128. The molecule has 0 aliphatic carbocycles. The molecular weight excluding hydrogens is 356 g/mol. The molecule has 7 nitrogen and oxygen atoms in total. The van der Waals surface area contributed by atoms with Crippen molar-refractivity contribution in [1.82, 2.24) is 5.32 Å². The average molecular weight is 374 g/mol. The monoisotopic (exact) mass is 374 g/mol. The third-order valence-electron chi connectivity index (χ3n) is 3.45. The number of nitro benzene ring substituents is 1. The van der Waals surface area contributed by atoms with Crippen LogP contribution in [0.2, 0.25) is 0 Å². The van der Waals surface area contributed by atoms with Gasteiger partial charge in [-0.25, -0.2) is 0 Å². The summed E-state index contributed by atoms with van der Waals surface area (Å²) in [5.74, 6) is -0.898. The lowest BCUT2D eigenvalue weighted by Gasteiger charge is -2.14. The number of amides is 1. The fourth-order valence-corrected chi connectivity index (χ4v) is 2.80. The molecule has 26 heavy (non-hydrogen) atoms. The van der Waals surface area contributed by atoms with E-state index in [1.54, 1.807) is 12.1 Å². The number of benzene rings is 2. The molecule has 0 aromatic heterocycles. The predicted octanol–water partition coefficient (Wildman–Crippen LogP) is 3.11. The van der Waals surface area contributed by atoms with Crippen molar-refractivity contribution in [2.24, 2.45) is 0 Å². The first-order chi connectivity index (χ1) is 12.5. The Morgan fingerprint density at radius 2 is 1.81 bits per heavy atom. The van der Waals surface area contributed by atoms with Gasteiger partial charge < -0.3 is 10.1 Å². The van der Waals surface area contributed by atoms with Crippen LogP contribution in [0, 0.1) is 10.1 Å². The second-order valence-electron chi connectivity index (χ2n) is 5.40. The number of carbonyl (C=O) groups is 2. The van der Waals surface area contributed by atoms with Gasteiger partial charge in [0, 0.05) is 17.0 Å². The van der Waals surface area contributed by atoms with Gasteiger partial charge in [0.2, 0.25) is 0 Å². The second kappa shape index (κ2) is 9.57. The van der Waals surface area contributed by atoms with Gasteiger partial charge in [-0.1, -0.05) is 30.3 Å². The SMILES string of the molecule is C[C@@H](NC(=O)COC(=O)CSc1ccc([N+](=O)[O-])cc1)c1ccccc1. The lowest BCUT2D eigenvalue weighted by atomic mass is 10.1. The lowest BCUT2D eigenvalue weighted by molar-refractivity contribution is -0.384. The molecule has 1 amide bonds. The summed E-state index contributed by atoms with van der Waals surface area (Å²) in [6.07, 6.45) is 0. The topological polar surface area (TPSA) is 98.5 Å². The quantitative estimate of drug-likeness (QED) is 0.330. The summed E-state index contributed by atoms with van der Waals surface area (Å²) >= 11 is 1.18. The third-order valence-corrected chi connectivity index (χ3v) is 4.43. The van der Waals surface area contributed by atoms with Gasteiger partial charge in [-0.2, -0.15) is 0 Å². The Labute approximate surface area is 154 Å². The van der Waals surface area contributed by atoms with E-state index in [2.05, 4.69) is 5.32 Å². The molecule has 0 aliphatic rings. The van der Waals surface area contributed by atoms with E-state index in [1.807, 2.05) is 37.3 Å². The highest BCUT2D eigenvalue weighted by atomic mass is 32.2. The molecule has 0 saturated carbocycles. The van der Waals surface area contributed by atoms with E-state index in [0.717, 1.165) is 5.56 Å². The normalized spacial score (nSPS) is 11.4. The molecule has 1 atom stereocenters. The Morgan fingerprint density at radius 3 is 2.42 bits per heavy atom. The standard InChI is InChI=1S/C18H18N2O5S/c1-13(14-5-3-2-4-6-14)19-17(21)11-25-18(22)12-26-16-9-7-15(8-10-16)20(23)24/h2-10,13H,11-12H2,1H3,(H,19,21)/t13-/m1/s1. The number of non-ortho nitro benzene ring substituents is 1. The number of nitro groups is 1. The largest absolute Gasteiger partial charge is 0.455 e. The van der Waals surface area contributed by atoms with Gasteiger partial charge in [0.05, 0.1) is 16.7 Å². The predicted molar refractivity (Wildman–Crippen MR) is 97.8 cm³/mol. The molecule has 0 heterocycles. The van der Waals surface area contributed by atoms with Gasteiger partial charge in [-0.3, -0.25) is 19.7 Å². The van der Waals surface area contributed by atoms with E-state index in [1.165, 1.54) is 23.9 Å². The zero-order valence-corrected chi connectivity index (χ0v) is 14.9. The molecule has 0 aliphatic heterocycles. The maximum absolute atomic E-state index is 11.8. The van der Waals surface area contributed by atoms with Crippen molar-refractivity contribution in [1.29, 1.82) is 0 Å². The summed E-state index contributed by atoms with van der Waals surface area (Å²) in [6, 6.07) is 15.1. The maximum atomic E-state index is 11.8. The number of nitrogens with zero attached hydrogens (tertiary/aromatic N) is 1. The fraction of sp³-hybridized carbons (Fsp3) is 0.222. The van der Waals surface area contributed by atoms with Crippen LogP contribution >= 0.6 is 11.8 Å². The minimum Gasteiger partial charge on any atom is -0.455 e. The Kier molecular flexibility index (Phi) is 7.16. The van der Waals surface area contributed by atoms with Crippen molar-refractivity contribution < 1.29 is 19.2 Å². The van der Waals surface area contributed by atoms with Gasteiger partial charge in [-0.05, 0) is 24.6 Å². The van der Waals surface area contributed by atoms with Crippen LogP contribution in [-0.2, 0) is 14.3 Å². The number of hydrogen-bond donors (Lipinski definition) is 1. The zero-order chi connectivity index (χ0) is 18.9. The Morgan fingerprint density at radius 1 is 1.15 bits per heavy atom. The van der Waals surface area contributed by atoms with Crippen molar-refractivity contribution >= 4 is 29.3 Å². The van der Waals surface area contributed by atoms with E-state index < -0.39 is 10.9 Å². The van der Waals surface area contributed by atoms with E-state index in [4.69, 9.17) is 4.74 Å². The van der Waals surface area contributed by atoms with Crippen LogP contribution in [-0.4, -0.2) is 29.2 Å². The van der Waals surface area contributed by atoms with Crippen LogP contribution in [0.3, 0.4) is 0 Å². The highest BCUT2D eigenvalue weighted by Crippen LogP contribution is 2.21. The number of carbonyl (C=O) groups excluding carboxylic acids is 2. The molecule has 0 bridgehead atoms. The molecule has 8 heteroatoms. The molecule has 136 valence electrons. The molecule has 2 rings (SSSR count). The van der Waals surface area contributed by atoms with Crippen LogP contribution in [0.4, 0.5) is 5.69 Å². The summed E-state index contributed by atoms with van der Waals surface area (Å²) in [5, 5.41) is 13.3. The molecule has 2 aromatic rings. The molecule has 0 spiro atoms. The summed E-state index contributed by atoms with van der Waals surface area (Å²) in [4.78, 5) is 34.4. The molecule has 2 aromatic carbocycles. The number of esters is 1. The molecule has 1 N–H and O–H groups in total. The van der Waals surface area contributed by atoms with Gasteiger partial charge in [0.1, 0.15) is 0 Å². The summed E-state index contributed by atoms with van der Waals surface area (Å²) in [6.45, 7) is 1.50. The number of thioether (sulfide) groups is 1. The van der Waals surface area contributed by atoms with Crippen molar-refractivity contribution in [2.45, 2.75) is 17.9 Å². The van der Waals surface area contributed by atoms with E-state index in [0.29, 0.717) is 4.90 Å². The first-order valence-corrected chi connectivity index (χ1v) is 8.81. The van der Waals surface area contributed by atoms with Gasteiger partial charge in [0.15, 0.2) is 6.61 Å². The second-order valence-corrected chi connectivity index (χ2v) is 6.45. The summed E-state index contributed by atoms with van der Waals surface area (Å²) in [5.41, 5.74) is 0.946. The van der Waals surface area contributed by atoms with E-state index in [9.17, 15) is 19.7 Å². The molecule has 0 fully saturated rings. The minimum atomic E-state index is -0.532. The number of rotatable bonds is 8. The molecule has 0 unspecified atom stereocenters. The fourth-order valence-electron chi connectivity index (χ4n) is 2.10. The molecule has 0 radical (unpaired) electrons. The number of ether oxygens (including phenoxy) is 1. The van der Waals surface area contributed by atoms with Crippen molar-refractivity contribution in [3.05, 3.63) is 70.3 Å². The van der Waals surface area contributed by atoms with Crippen molar-refractivity contribution in [3.63, 3.8) is 0 Å². The molecular formula is C18H18N2O5S. The first kappa shape index (κ1) is 19.5. The molecule has 0 saturated heterocycles. The number of hydrogen-bond acceptors (Lipinski definition) is 6. The van der Waals surface area contributed by atoms with Crippen LogP contribution in [0.15, 0.2) is 59.5 Å². The highest BCUT2D eigenvalue weighted by molar-refractivity contribution is 8.00. The Balaban J connectivity index is 1.71. The summed E-state index contributed by atoms with van der Waals surface area (Å²) in [7, 11) is 0. The van der Waals surface area contributed by atoms with E-state index >= 15 is 0 Å². The Bertz CT molecular complexity index is 765. The van der Waals surface area contributed by atoms with Crippen LogP contribution in [0.1, 0.15) is 18.5 Å².